The summed E-state index contributed by atoms with van der Waals surface area (Å²) >= 11 is 0. The van der Waals surface area contributed by atoms with Crippen LogP contribution >= 0.6 is 0 Å². The van der Waals surface area contributed by atoms with Gasteiger partial charge in [0.1, 0.15) is 11.3 Å². The van der Waals surface area contributed by atoms with Gasteiger partial charge in [-0.3, -0.25) is 4.90 Å². The Balaban J connectivity index is 1.89. The van der Waals surface area contributed by atoms with Crippen molar-refractivity contribution in [1.82, 2.24) is 14.7 Å². The minimum atomic E-state index is -0.652. The number of nitrogens with zero attached hydrogens (tertiary/aromatic N) is 3. The van der Waals surface area contributed by atoms with Crippen LogP contribution in [0, 0.1) is 19.8 Å². The highest BCUT2D eigenvalue weighted by Crippen LogP contribution is 2.34. The minimum absolute atomic E-state index is 0.0491. The van der Waals surface area contributed by atoms with Gasteiger partial charge in [0, 0.05) is 12.1 Å². The van der Waals surface area contributed by atoms with Crippen molar-refractivity contribution in [3.8, 4) is 16.9 Å². The lowest BCUT2D eigenvalue weighted by atomic mass is 9.93. The Morgan fingerprint density at radius 3 is 2.29 bits per heavy atom. The van der Waals surface area contributed by atoms with Crippen molar-refractivity contribution in [2.75, 3.05) is 27.3 Å². The average Bonchev–Trinajstić information content (AvgIpc) is 3.27. The molecule has 3 aromatic rings. The van der Waals surface area contributed by atoms with Gasteiger partial charge in [0.25, 0.3) is 0 Å². The Labute approximate surface area is 206 Å². The molecule has 0 N–H and O–H groups in total. The molecular weight excluding hydrogens is 442 g/mol. The van der Waals surface area contributed by atoms with Crippen molar-refractivity contribution in [2.45, 2.75) is 40.2 Å². The maximum atomic E-state index is 13.0. The number of carbonyl (C=O) groups is 2. The third-order valence-corrected chi connectivity index (χ3v) is 6.84. The average molecular weight is 476 g/mol. The summed E-state index contributed by atoms with van der Waals surface area (Å²) in [6, 6.07) is 13.5. The van der Waals surface area contributed by atoms with Gasteiger partial charge in [-0.2, -0.15) is 5.10 Å². The van der Waals surface area contributed by atoms with Crippen LogP contribution in [0.3, 0.4) is 0 Å². The van der Waals surface area contributed by atoms with Crippen LogP contribution in [0.2, 0.25) is 0 Å². The Morgan fingerprint density at radius 1 is 1.00 bits per heavy atom. The number of methoxy groups -OCH3 is 2. The molecule has 2 aromatic carbocycles. The number of rotatable bonds is 6. The first-order valence-corrected chi connectivity index (χ1v) is 12.0. The highest BCUT2D eigenvalue weighted by Gasteiger charge is 2.32. The smallest absolute Gasteiger partial charge is 0.357 e. The largest absolute Gasteiger partial charge is 0.465 e. The van der Waals surface area contributed by atoms with Crippen molar-refractivity contribution < 1.29 is 19.1 Å². The van der Waals surface area contributed by atoms with Gasteiger partial charge in [-0.25, -0.2) is 14.3 Å². The lowest BCUT2D eigenvalue weighted by molar-refractivity contribution is 0.0549. The molecule has 35 heavy (non-hydrogen) atoms. The Kier molecular flexibility index (Phi) is 7.36. The van der Waals surface area contributed by atoms with Crippen molar-refractivity contribution in [3.05, 3.63) is 70.4 Å². The summed E-state index contributed by atoms with van der Waals surface area (Å²) in [7, 11) is 2.60. The summed E-state index contributed by atoms with van der Waals surface area (Å²) in [4.78, 5) is 28.4. The molecule has 0 bridgehead atoms. The zero-order valence-electron chi connectivity index (χ0n) is 21.1. The van der Waals surface area contributed by atoms with E-state index >= 15 is 0 Å². The van der Waals surface area contributed by atoms with E-state index in [4.69, 9.17) is 14.6 Å². The Hall–Kier alpha value is -3.45. The molecule has 0 spiro atoms. The number of hydrogen-bond acceptors (Lipinski definition) is 6. The quantitative estimate of drug-likeness (QED) is 0.469. The van der Waals surface area contributed by atoms with E-state index in [1.54, 1.807) is 0 Å². The summed E-state index contributed by atoms with van der Waals surface area (Å²) in [5, 5.41) is 4.79. The van der Waals surface area contributed by atoms with E-state index in [2.05, 4.69) is 24.8 Å². The van der Waals surface area contributed by atoms with Crippen LogP contribution < -0.4 is 0 Å². The summed E-state index contributed by atoms with van der Waals surface area (Å²) in [5.41, 5.74) is 5.32. The van der Waals surface area contributed by atoms with Gasteiger partial charge in [-0.05, 0) is 75.0 Å². The van der Waals surface area contributed by atoms with Gasteiger partial charge in [0.2, 0.25) is 0 Å². The first-order valence-electron chi connectivity index (χ1n) is 12.0. The molecule has 2 heterocycles. The van der Waals surface area contributed by atoms with Gasteiger partial charge in [0.05, 0.1) is 19.9 Å². The van der Waals surface area contributed by atoms with E-state index in [9.17, 15) is 9.59 Å². The first-order chi connectivity index (χ1) is 16.8. The van der Waals surface area contributed by atoms with E-state index in [0.717, 1.165) is 42.2 Å². The van der Waals surface area contributed by atoms with Crippen LogP contribution in [-0.2, 0) is 16.0 Å². The molecule has 1 aromatic heterocycles. The number of aromatic nitrogens is 2. The zero-order valence-corrected chi connectivity index (χ0v) is 21.1. The van der Waals surface area contributed by atoms with Crippen LogP contribution in [0.4, 0.5) is 0 Å². The third kappa shape index (κ3) is 5.00. The van der Waals surface area contributed by atoms with E-state index in [1.165, 1.54) is 37.3 Å². The summed E-state index contributed by atoms with van der Waals surface area (Å²) in [6.07, 6.45) is 2.41. The number of ether oxygens (including phenoxy) is 2. The van der Waals surface area contributed by atoms with E-state index in [-0.39, 0.29) is 11.3 Å². The molecule has 184 valence electrons. The second-order valence-corrected chi connectivity index (χ2v) is 9.36. The Bertz CT molecular complexity index is 1220. The monoisotopic (exact) mass is 475 g/mol. The Morgan fingerprint density at radius 2 is 1.66 bits per heavy atom. The molecule has 4 rings (SSSR count). The molecule has 0 radical (unpaired) electrons. The molecule has 1 saturated heterocycles. The molecule has 0 amide bonds. The zero-order chi connectivity index (χ0) is 25.1. The van der Waals surface area contributed by atoms with Crippen molar-refractivity contribution >= 4 is 11.9 Å². The lowest BCUT2D eigenvalue weighted by Crippen LogP contribution is -2.32. The minimum Gasteiger partial charge on any atom is -0.465 e. The second-order valence-electron chi connectivity index (χ2n) is 9.36. The third-order valence-electron chi connectivity index (χ3n) is 6.84. The van der Waals surface area contributed by atoms with Gasteiger partial charge < -0.3 is 9.47 Å². The predicted octanol–water partition coefficient (Wildman–Crippen LogP) is 4.96. The van der Waals surface area contributed by atoms with Crippen LogP contribution in [0.5, 0.6) is 0 Å². The summed E-state index contributed by atoms with van der Waals surface area (Å²) < 4.78 is 11.6. The van der Waals surface area contributed by atoms with Gasteiger partial charge in [-0.15, -0.1) is 0 Å². The lowest BCUT2D eigenvalue weighted by Gasteiger charge is -2.31. The molecule has 1 aliphatic heterocycles. The molecule has 0 aliphatic carbocycles. The number of hydrogen-bond donors (Lipinski definition) is 0. The van der Waals surface area contributed by atoms with Gasteiger partial charge in [-0.1, -0.05) is 36.8 Å². The highest BCUT2D eigenvalue weighted by molar-refractivity contribution is 6.07. The molecule has 7 heteroatoms. The number of carbonyl (C=O) groups excluding carboxylic acids is 2. The highest BCUT2D eigenvalue weighted by atomic mass is 16.5. The number of para-hydroxylation sites is 1. The molecule has 1 aliphatic rings. The van der Waals surface area contributed by atoms with Crippen molar-refractivity contribution in [1.29, 1.82) is 0 Å². The molecular formula is C28H33N3O4. The van der Waals surface area contributed by atoms with E-state index in [0.29, 0.717) is 11.4 Å². The van der Waals surface area contributed by atoms with Crippen LogP contribution in [-0.4, -0.2) is 53.9 Å². The normalized spacial score (nSPS) is 14.7. The standard InChI is InChI=1S/C28H33N3O4/c1-18-11-13-30(14-12-18)17-21-15-19(2)16-23(20(21)3)25-24(27(32)34-4)26(28(33)35-5)31(29-25)22-9-7-6-8-10-22/h6-10,15-16,18H,11-14,17H2,1-5H3. The summed E-state index contributed by atoms with van der Waals surface area (Å²) in [5.74, 6) is -0.516. The predicted molar refractivity (Wildman–Crippen MR) is 135 cm³/mol. The SMILES string of the molecule is COC(=O)c1c(-c2cc(C)cc(CN3CCC(C)CC3)c2C)nn(-c2ccccc2)c1C(=O)OC. The maximum Gasteiger partial charge on any atom is 0.357 e. The number of likely N-dealkylation sites (tertiary alicyclic amines) is 1. The molecule has 0 atom stereocenters. The first kappa shape index (κ1) is 24.7. The molecule has 0 saturated carbocycles. The molecule has 0 unspecified atom stereocenters. The fraction of sp³-hybridized carbons (Fsp3) is 0.393. The fourth-order valence-electron chi connectivity index (χ4n) is 4.75. The van der Waals surface area contributed by atoms with Crippen molar-refractivity contribution in [2.24, 2.45) is 5.92 Å². The van der Waals surface area contributed by atoms with Crippen LogP contribution in [0.15, 0.2) is 42.5 Å². The number of benzene rings is 2. The van der Waals surface area contributed by atoms with E-state index < -0.39 is 11.9 Å². The van der Waals surface area contributed by atoms with E-state index in [1.807, 2.05) is 43.3 Å². The molecule has 1 fully saturated rings. The van der Waals surface area contributed by atoms with Crippen LogP contribution in [0.25, 0.3) is 16.9 Å². The number of piperidine rings is 1. The van der Waals surface area contributed by atoms with Gasteiger partial charge >= 0.3 is 11.9 Å². The molecule has 7 nitrogen and oxygen atoms in total. The van der Waals surface area contributed by atoms with Gasteiger partial charge in [0.15, 0.2) is 5.69 Å². The topological polar surface area (TPSA) is 73.7 Å². The summed E-state index contributed by atoms with van der Waals surface area (Å²) in [6.45, 7) is 9.39. The van der Waals surface area contributed by atoms with Crippen LogP contribution in [0.1, 0.15) is 57.3 Å². The fourth-order valence-corrected chi connectivity index (χ4v) is 4.75. The van der Waals surface area contributed by atoms with Crippen molar-refractivity contribution in [3.63, 3.8) is 0 Å². The number of esters is 2. The maximum absolute atomic E-state index is 13.0. The second kappa shape index (κ2) is 10.4. The number of aryl methyl sites for hydroxylation is 1.